The van der Waals surface area contributed by atoms with Gasteiger partial charge in [-0.1, -0.05) is 55.2 Å². The summed E-state index contributed by atoms with van der Waals surface area (Å²) in [7, 11) is 0. The average molecular weight is 496 g/mol. The summed E-state index contributed by atoms with van der Waals surface area (Å²) in [5.74, 6) is -1.05. The Labute approximate surface area is 207 Å². The third-order valence-corrected chi connectivity index (χ3v) is 6.53. The zero-order chi connectivity index (χ0) is 24.4. The minimum Gasteiger partial charge on any atom is -0.343 e. The van der Waals surface area contributed by atoms with Gasteiger partial charge in [-0.15, -0.1) is 0 Å². The van der Waals surface area contributed by atoms with Crippen molar-refractivity contribution in [3.8, 4) is 0 Å². The van der Waals surface area contributed by atoms with Crippen LogP contribution in [0.15, 0.2) is 66.4 Å². The van der Waals surface area contributed by atoms with Crippen molar-refractivity contribution < 1.29 is 14.4 Å². The predicted molar refractivity (Wildman–Crippen MR) is 134 cm³/mol. The Kier molecular flexibility index (Phi) is 6.91. The van der Waals surface area contributed by atoms with Crippen LogP contribution < -0.4 is 10.2 Å². The lowest BCUT2D eigenvalue weighted by atomic mass is 9.98. The molecule has 174 valence electrons. The van der Waals surface area contributed by atoms with Crippen molar-refractivity contribution >= 4 is 52.8 Å². The van der Waals surface area contributed by atoms with E-state index in [0.717, 1.165) is 22.4 Å². The fraction of sp³-hybridized carbons (Fsp3) is 0.192. The lowest BCUT2D eigenvalue weighted by Crippen LogP contribution is -2.54. The largest absolute Gasteiger partial charge is 0.343 e. The SMILES string of the molecule is CC[C@@H](C)c1ccc(N2C(=O)NC(=O)/C(=C\c3cccn3Cc3ccc(Cl)cc3Cl)C2=O)cc1. The number of carbonyl (C=O) groups excluding carboxylic acids is 3. The van der Waals surface area contributed by atoms with Crippen LogP contribution in [0.25, 0.3) is 6.08 Å². The maximum absolute atomic E-state index is 13.2. The Morgan fingerprint density at radius 1 is 1.03 bits per heavy atom. The molecule has 1 aliphatic rings. The second-order valence-corrected chi connectivity index (χ2v) is 9.00. The topological polar surface area (TPSA) is 71.4 Å². The standard InChI is InChI=1S/C26H23Cl2N3O3/c1-3-16(2)17-7-10-20(11-8-17)31-25(33)22(24(32)29-26(31)34)14-21-5-4-12-30(21)15-18-6-9-19(27)13-23(18)28/h4-14,16H,3,15H2,1-2H3,(H,29,32,34)/b22-14+/t16-/m1/s1. The van der Waals surface area contributed by atoms with E-state index in [1.165, 1.54) is 6.08 Å². The number of imide groups is 2. The van der Waals surface area contributed by atoms with E-state index in [2.05, 4.69) is 19.2 Å². The monoisotopic (exact) mass is 495 g/mol. The first-order valence-electron chi connectivity index (χ1n) is 10.9. The van der Waals surface area contributed by atoms with Gasteiger partial charge in [0.1, 0.15) is 5.57 Å². The molecule has 0 spiro atoms. The summed E-state index contributed by atoms with van der Waals surface area (Å²) in [4.78, 5) is 39.3. The highest BCUT2D eigenvalue weighted by Gasteiger charge is 2.37. The summed E-state index contributed by atoms with van der Waals surface area (Å²) >= 11 is 12.3. The number of carbonyl (C=O) groups is 3. The van der Waals surface area contributed by atoms with E-state index in [1.54, 1.807) is 36.4 Å². The average Bonchev–Trinajstić information content (AvgIpc) is 3.25. The van der Waals surface area contributed by atoms with Gasteiger partial charge in [-0.2, -0.15) is 0 Å². The van der Waals surface area contributed by atoms with Gasteiger partial charge in [0.05, 0.1) is 5.69 Å². The number of hydrogen-bond acceptors (Lipinski definition) is 3. The molecular formula is C26H23Cl2N3O3. The molecule has 3 aromatic rings. The highest BCUT2D eigenvalue weighted by atomic mass is 35.5. The molecular weight excluding hydrogens is 473 g/mol. The Balaban J connectivity index is 1.64. The van der Waals surface area contributed by atoms with Gasteiger partial charge in [0.15, 0.2) is 0 Å². The quantitative estimate of drug-likeness (QED) is 0.335. The number of nitrogens with zero attached hydrogens (tertiary/aromatic N) is 2. The zero-order valence-corrected chi connectivity index (χ0v) is 20.2. The van der Waals surface area contributed by atoms with Crippen LogP contribution in [0.5, 0.6) is 0 Å². The molecule has 1 fully saturated rings. The third kappa shape index (κ3) is 4.79. The van der Waals surface area contributed by atoms with Crippen LogP contribution in [0.1, 0.15) is 43.0 Å². The van der Waals surface area contributed by atoms with Crippen molar-refractivity contribution in [2.45, 2.75) is 32.7 Å². The summed E-state index contributed by atoms with van der Waals surface area (Å²) in [6.45, 7) is 4.62. The number of anilines is 1. The minimum absolute atomic E-state index is 0.132. The third-order valence-electron chi connectivity index (χ3n) is 5.95. The number of urea groups is 1. The minimum atomic E-state index is -0.772. The number of nitrogens with one attached hydrogen (secondary N) is 1. The highest BCUT2D eigenvalue weighted by molar-refractivity contribution is 6.39. The Hall–Kier alpha value is -3.35. The van der Waals surface area contributed by atoms with Crippen molar-refractivity contribution in [3.05, 3.63) is 93.2 Å². The number of halogens is 2. The molecule has 1 atom stereocenters. The van der Waals surface area contributed by atoms with Crippen molar-refractivity contribution in [2.24, 2.45) is 0 Å². The van der Waals surface area contributed by atoms with Gasteiger partial charge < -0.3 is 4.57 Å². The number of aromatic nitrogens is 1. The molecule has 0 unspecified atom stereocenters. The van der Waals surface area contributed by atoms with Crippen molar-refractivity contribution in [2.75, 3.05) is 4.90 Å². The Morgan fingerprint density at radius 3 is 2.44 bits per heavy atom. The second-order valence-electron chi connectivity index (χ2n) is 8.16. The second kappa shape index (κ2) is 9.87. The van der Waals surface area contributed by atoms with Crippen LogP contribution >= 0.6 is 23.2 Å². The zero-order valence-electron chi connectivity index (χ0n) is 18.7. The molecule has 2 aromatic carbocycles. The molecule has 4 amide bonds. The summed E-state index contributed by atoms with van der Waals surface area (Å²) in [5, 5.41) is 3.32. The van der Waals surface area contributed by atoms with Crippen LogP contribution in [-0.2, 0) is 16.1 Å². The van der Waals surface area contributed by atoms with Gasteiger partial charge in [-0.05, 0) is 65.9 Å². The van der Waals surface area contributed by atoms with E-state index in [0.29, 0.717) is 33.9 Å². The molecule has 1 saturated heterocycles. The van der Waals surface area contributed by atoms with Crippen LogP contribution in [0, 0.1) is 0 Å². The predicted octanol–water partition coefficient (Wildman–Crippen LogP) is 6.02. The molecule has 1 aliphatic heterocycles. The van der Waals surface area contributed by atoms with Gasteiger partial charge in [0.25, 0.3) is 11.8 Å². The van der Waals surface area contributed by atoms with Crippen LogP contribution in [-0.4, -0.2) is 22.4 Å². The molecule has 1 aromatic heterocycles. The van der Waals surface area contributed by atoms with Gasteiger partial charge in [-0.25, -0.2) is 9.69 Å². The number of benzene rings is 2. The van der Waals surface area contributed by atoms with Crippen molar-refractivity contribution in [3.63, 3.8) is 0 Å². The number of barbiturate groups is 1. The first kappa shape index (κ1) is 23.8. The fourth-order valence-electron chi connectivity index (χ4n) is 3.76. The van der Waals surface area contributed by atoms with E-state index in [9.17, 15) is 14.4 Å². The van der Waals surface area contributed by atoms with E-state index >= 15 is 0 Å². The lowest BCUT2D eigenvalue weighted by molar-refractivity contribution is -0.122. The van der Waals surface area contributed by atoms with Crippen LogP contribution in [0.3, 0.4) is 0 Å². The van der Waals surface area contributed by atoms with Crippen molar-refractivity contribution in [1.82, 2.24) is 9.88 Å². The van der Waals surface area contributed by atoms with Crippen LogP contribution in [0.4, 0.5) is 10.5 Å². The van der Waals surface area contributed by atoms with Crippen molar-refractivity contribution in [1.29, 1.82) is 0 Å². The lowest BCUT2D eigenvalue weighted by Gasteiger charge is -2.26. The Morgan fingerprint density at radius 2 is 1.76 bits per heavy atom. The summed E-state index contributed by atoms with van der Waals surface area (Å²) < 4.78 is 1.85. The maximum atomic E-state index is 13.2. The molecule has 0 aliphatic carbocycles. The molecule has 34 heavy (non-hydrogen) atoms. The smallest absolute Gasteiger partial charge is 0.335 e. The number of hydrogen-bond donors (Lipinski definition) is 1. The molecule has 0 bridgehead atoms. The molecule has 6 nitrogen and oxygen atoms in total. The Bertz CT molecular complexity index is 1290. The van der Waals surface area contributed by atoms with Gasteiger partial charge in [0, 0.05) is 28.5 Å². The molecule has 0 saturated carbocycles. The molecule has 0 radical (unpaired) electrons. The maximum Gasteiger partial charge on any atom is 0.335 e. The van der Waals surface area contributed by atoms with Gasteiger partial charge >= 0.3 is 6.03 Å². The fourth-order valence-corrected chi connectivity index (χ4v) is 4.23. The van der Waals surface area contributed by atoms with E-state index < -0.39 is 17.8 Å². The van der Waals surface area contributed by atoms with Gasteiger partial charge in [0.2, 0.25) is 0 Å². The summed E-state index contributed by atoms with van der Waals surface area (Å²) in [6.07, 6.45) is 4.28. The van der Waals surface area contributed by atoms with E-state index in [1.807, 2.05) is 29.0 Å². The molecule has 1 N–H and O–H groups in total. The normalized spacial score (nSPS) is 16.2. The summed E-state index contributed by atoms with van der Waals surface area (Å²) in [6, 6.07) is 15.3. The van der Waals surface area contributed by atoms with E-state index in [-0.39, 0.29) is 5.57 Å². The molecule has 2 heterocycles. The molecule has 4 rings (SSSR count). The highest BCUT2D eigenvalue weighted by Crippen LogP contribution is 2.26. The summed E-state index contributed by atoms with van der Waals surface area (Å²) in [5.41, 5.74) is 2.83. The first-order chi connectivity index (χ1) is 16.3. The number of amides is 4. The molecule has 8 heteroatoms. The van der Waals surface area contributed by atoms with Crippen LogP contribution in [0.2, 0.25) is 10.0 Å². The number of rotatable bonds is 6. The first-order valence-corrected chi connectivity index (χ1v) is 11.6. The van der Waals surface area contributed by atoms with Gasteiger partial charge in [-0.3, -0.25) is 14.9 Å². The van der Waals surface area contributed by atoms with E-state index in [4.69, 9.17) is 23.2 Å².